The maximum atomic E-state index is 12.1. The summed E-state index contributed by atoms with van der Waals surface area (Å²) in [6.45, 7) is 6.42. The van der Waals surface area contributed by atoms with E-state index in [1.54, 1.807) is 24.8 Å². The third kappa shape index (κ3) is 4.23. The van der Waals surface area contributed by atoms with E-state index in [1.807, 2.05) is 30.3 Å². The minimum atomic E-state index is -0.929. The number of ketones is 1. The SMILES string of the molecule is C=C(C)C(=O)OCC(O)Cc1c(C(C)=O)ccc2c1Nc1ccccc1S2. The quantitative estimate of drug-likeness (QED) is 0.379. The first-order valence-electron chi connectivity index (χ1n) is 8.58. The van der Waals surface area contributed by atoms with E-state index in [2.05, 4.69) is 11.9 Å². The molecule has 1 heterocycles. The monoisotopic (exact) mass is 383 g/mol. The van der Waals surface area contributed by atoms with Gasteiger partial charge in [-0.25, -0.2) is 4.79 Å². The minimum Gasteiger partial charge on any atom is -0.460 e. The molecule has 1 aliphatic rings. The largest absolute Gasteiger partial charge is 0.460 e. The summed E-state index contributed by atoms with van der Waals surface area (Å²) in [4.78, 5) is 25.7. The number of esters is 1. The molecule has 140 valence electrons. The second-order valence-corrected chi connectivity index (χ2v) is 7.56. The number of carbonyl (C=O) groups excluding carboxylic acids is 2. The summed E-state index contributed by atoms with van der Waals surface area (Å²) < 4.78 is 5.04. The van der Waals surface area contributed by atoms with Gasteiger partial charge in [0.1, 0.15) is 6.61 Å². The Morgan fingerprint density at radius 1 is 1.19 bits per heavy atom. The van der Waals surface area contributed by atoms with Crippen LogP contribution < -0.4 is 5.32 Å². The van der Waals surface area contributed by atoms with Crippen molar-refractivity contribution in [3.63, 3.8) is 0 Å². The first kappa shape index (κ1) is 19.2. The molecule has 0 amide bonds. The average molecular weight is 383 g/mol. The fraction of sp³-hybridized carbons (Fsp3) is 0.238. The zero-order chi connectivity index (χ0) is 19.6. The van der Waals surface area contributed by atoms with Crippen LogP contribution in [0, 0.1) is 0 Å². The summed E-state index contributed by atoms with van der Waals surface area (Å²) in [7, 11) is 0. The Bertz CT molecular complexity index is 922. The number of benzene rings is 2. The number of aliphatic hydroxyl groups is 1. The van der Waals surface area contributed by atoms with Crippen molar-refractivity contribution in [3.8, 4) is 0 Å². The number of fused-ring (bicyclic) bond motifs is 2. The highest BCUT2D eigenvalue weighted by Gasteiger charge is 2.24. The highest BCUT2D eigenvalue weighted by atomic mass is 32.2. The van der Waals surface area contributed by atoms with Gasteiger partial charge in [0.05, 0.1) is 17.5 Å². The summed E-state index contributed by atoms with van der Waals surface area (Å²) >= 11 is 1.61. The summed E-state index contributed by atoms with van der Waals surface area (Å²) in [6, 6.07) is 11.6. The van der Waals surface area contributed by atoms with Crippen molar-refractivity contribution >= 4 is 34.9 Å². The van der Waals surface area contributed by atoms with Gasteiger partial charge in [-0.1, -0.05) is 30.5 Å². The molecular formula is C21H21NO4S. The molecule has 5 nitrogen and oxygen atoms in total. The lowest BCUT2D eigenvalue weighted by Crippen LogP contribution is -2.23. The summed E-state index contributed by atoms with van der Waals surface area (Å²) in [5, 5.41) is 13.8. The van der Waals surface area contributed by atoms with Crippen molar-refractivity contribution in [1.82, 2.24) is 0 Å². The number of para-hydroxylation sites is 1. The van der Waals surface area contributed by atoms with Crippen LogP contribution in [0.5, 0.6) is 0 Å². The van der Waals surface area contributed by atoms with Gasteiger partial charge < -0.3 is 15.2 Å². The molecule has 3 rings (SSSR count). The number of ether oxygens (including phenoxy) is 1. The van der Waals surface area contributed by atoms with Crippen LogP contribution in [0.3, 0.4) is 0 Å². The summed E-state index contributed by atoms with van der Waals surface area (Å²) in [5.74, 6) is -0.622. The van der Waals surface area contributed by atoms with E-state index in [9.17, 15) is 14.7 Å². The smallest absolute Gasteiger partial charge is 0.333 e. The van der Waals surface area contributed by atoms with Gasteiger partial charge in [0.25, 0.3) is 0 Å². The normalized spacial score (nSPS) is 13.0. The summed E-state index contributed by atoms with van der Waals surface area (Å²) in [5.41, 5.74) is 3.32. The highest BCUT2D eigenvalue weighted by molar-refractivity contribution is 7.99. The average Bonchev–Trinajstić information content (AvgIpc) is 2.64. The summed E-state index contributed by atoms with van der Waals surface area (Å²) in [6.07, 6.45) is -0.737. The zero-order valence-corrected chi connectivity index (χ0v) is 16.1. The zero-order valence-electron chi connectivity index (χ0n) is 15.2. The maximum Gasteiger partial charge on any atom is 0.333 e. The van der Waals surface area contributed by atoms with Gasteiger partial charge in [0.2, 0.25) is 0 Å². The maximum absolute atomic E-state index is 12.1. The van der Waals surface area contributed by atoms with Crippen LogP contribution in [-0.2, 0) is 16.0 Å². The number of carbonyl (C=O) groups is 2. The van der Waals surface area contributed by atoms with E-state index in [0.29, 0.717) is 5.56 Å². The molecular weight excluding hydrogens is 362 g/mol. The Morgan fingerprint density at radius 2 is 1.93 bits per heavy atom. The van der Waals surface area contributed by atoms with E-state index in [-0.39, 0.29) is 24.4 Å². The molecule has 0 aromatic heterocycles. The molecule has 1 atom stereocenters. The molecule has 2 aromatic rings. The second kappa shape index (κ2) is 7.98. The number of rotatable bonds is 6. The van der Waals surface area contributed by atoms with Crippen molar-refractivity contribution in [1.29, 1.82) is 0 Å². The lowest BCUT2D eigenvalue weighted by atomic mass is 9.96. The van der Waals surface area contributed by atoms with E-state index in [1.165, 1.54) is 6.92 Å². The third-order valence-corrected chi connectivity index (χ3v) is 5.35. The van der Waals surface area contributed by atoms with E-state index in [0.717, 1.165) is 26.7 Å². The first-order valence-corrected chi connectivity index (χ1v) is 9.40. The van der Waals surface area contributed by atoms with E-state index < -0.39 is 12.1 Å². The van der Waals surface area contributed by atoms with Crippen molar-refractivity contribution in [2.24, 2.45) is 0 Å². The van der Waals surface area contributed by atoms with Gasteiger partial charge in [0.15, 0.2) is 5.78 Å². The van der Waals surface area contributed by atoms with Crippen LogP contribution in [0.2, 0.25) is 0 Å². The van der Waals surface area contributed by atoms with Gasteiger partial charge in [-0.2, -0.15) is 0 Å². The topological polar surface area (TPSA) is 75.6 Å². The van der Waals surface area contributed by atoms with Gasteiger partial charge in [-0.3, -0.25) is 4.79 Å². The fourth-order valence-corrected chi connectivity index (χ4v) is 3.92. The molecule has 0 radical (unpaired) electrons. The molecule has 6 heteroatoms. The Kier molecular flexibility index (Phi) is 5.68. The molecule has 0 spiro atoms. The molecule has 2 N–H and O–H groups in total. The molecule has 0 saturated heterocycles. The van der Waals surface area contributed by atoms with Crippen LogP contribution in [0.1, 0.15) is 29.8 Å². The van der Waals surface area contributed by atoms with Crippen molar-refractivity contribution in [2.75, 3.05) is 11.9 Å². The molecule has 1 aliphatic heterocycles. The number of Topliss-reactive ketones (excluding diaryl/α,β-unsaturated/α-hetero) is 1. The van der Waals surface area contributed by atoms with Gasteiger partial charge in [-0.15, -0.1) is 0 Å². The highest BCUT2D eigenvalue weighted by Crippen LogP contribution is 2.46. The lowest BCUT2D eigenvalue weighted by molar-refractivity contribution is -0.141. The number of anilines is 2. The number of aliphatic hydroxyl groups excluding tert-OH is 1. The Labute approximate surface area is 162 Å². The molecule has 0 bridgehead atoms. The predicted molar refractivity (Wildman–Crippen MR) is 106 cm³/mol. The molecule has 0 fully saturated rings. The second-order valence-electron chi connectivity index (χ2n) is 6.48. The molecule has 0 aliphatic carbocycles. The molecule has 0 saturated carbocycles. The molecule has 2 aromatic carbocycles. The van der Waals surface area contributed by atoms with Crippen LogP contribution >= 0.6 is 11.8 Å². The lowest BCUT2D eigenvalue weighted by Gasteiger charge is -2.25. The van der Waals surface area contributed by atoms with E-state index in [4.69, 9.17) is 4.74 Å². The molecule has 1 unspecified atom stereocenters. The third-order valence-electron chi connectivity index (χ3n) is 4.22. The number of hydrogen-bond acceptors (Lipinski definition) is 6. The first-order chi connectivity index (χ1) is 12.9. The van der Waals surface area contributed by atoms with E-state index >= 15 is 0 Å². The van der Waals surface area contributed by atoms with Crippen LogP contribution in [0.15, 0.2) is 58.3 Å². The van der Waals surface area contributed by atoms with Crippen LogP contribution in [-0.4, -0.2) is 29.6 Å². The van der Waals surface area contributed by atoms with Crippen molar-refractivity contribution in [2.45, 2.75) is 36.2 Å². The fourth-order valence-electron chi connectivity index (χ4n) is 2.89. The van der Waals surface area contributed by atoms with Gasteiger partial charge in [0, 0.05) is 27.3 Å². The van der Waals surface area contributed by atoms with Crippen molar-refractivity contribution < 1.29 is 19.4 Å². The standard InChI is InChI=1S/C21H21NO4S/c1-12(2)21(25)26-11-14(24)10-16-15(13(3)23)8-9-19-20(16)22-17-6-4-5-7-18(17)27-19/h4-9,14,22,24H,1,10-11H2,2-3H3. The Balaban J connectivity index is 1.89. The van der Waals surface area contributed by atoms with Gasteiger partial charge in [-0.05, 0) is 43.7 Å². The number of hydrogen-bond donors (Lipinski definition) is 2. The van der Waals surface area contributed by atoms with Crippen LogP contribution in [0.25, 0.3) is 0 Å². The molecule has 27 heavy (non-hydrogen) atoms. The van der Waals surface area contributed by atoms with Gasteiger partial charge >= 0.3 is 5.97 Å². The predicted octanol–water partition coefficient (Wildman–Crippen LogP) is 4.12. The van der Waals surface area contributed by atoms with Crippen molar-refractivity contribution in [3.05, 3.63) is 59.7 Å². The number of nitrogens with one attached hydrogen (secondary N) is 1. The Hall–Kier alpha value is -2.57. The van der Waals surface area contributed by atoms with Crippen LogP contribution in [0.4, 0.5) is 11.4 Å². The minimum absolute atomic E-state index is 0.0791. The Morgan fingerprint density at radius 3 is 2.63 bits per heavy atom.